The molecule has 4 atom stereocenters. The van der Waals surface area contributed by atoms with E-state index in [1.807, 2.05) is 20.1 Å². The molecule has 0 aromatic carbocycles. The first-order chi connectivity index (χ1) is 14.4. The molecule has 0 aliphatic carbocycles. The number of primary amides is 1. The predicted octanol–water partition coefficient (Wildman–Crippen LogP) is -1.06. The first-order valence-electron chi connectivity index (χ1n) is 10.1. The number of carboxylic acids is 1. The molecule has 0 aromatic heterocycles. The maximum absolute atomic E-state index is 12.6. The number of amides is 4. The number of carbonyl (C=O) groups is 5. The molecule has 0 rings (SSSR count). The molecule has 0 aromatic rings. The summed E-state index contributed by atoms with van der Waals surface area (Å²) in [6.45, 7) is 5.15. The summed E-state index contributed by atoms with van der Waals surface area (Å²) in [7, 11) is 0. The van der Waals surface area contributed by atoms with E-state index in [4.69, 9.17) is 11.5 Å². The van der Waals surface area contributed by atoms with E-state index in [0.717, 1.165) is 0 Å². The molecule has 11 nitrogen and oxygen atoms in total. The number of thioether (sulfide) groups is 1. The molecule has 4 amide bonds. The average molecular weight is 462 g/mol. The molecule has 0 saturated carbocycles. The zero-order chi connectivity index (χ0) is 24.1. The normalized spacial score (nSPS) is 14.8. The van der Waals surface area contributed by atoms with E-state index in [1.165, 1.54) is 18.7 Å². The molecule has 4 unspecified atom stereocenters. The van der Waals surface area contributed by atoms with Gasteiger partial charge in [0.2, 0.25) is 23.6 Å². The fourth-order valence-electron chi connectivity index (χ4n) is 2.58. The van der Waals surface area contributed by atoms with Gasteiger partial charge in [0.15, 0.2) is 0 Å². The van der Waals surface area contributed by atoms with Crippen molar-refractivity contribution in [3.8, 4) is 0 Å². The Hall–Kier alpha value is -2.34. The van der Waals surface area contributed by atoms with Crippen molar-refractivity contribution in [1.29, 1.82) is 0 Å². The summed E-state index contributed by atoms with van der Waals surface area (Å²) in [5, 5.41) is 16.8. The minimum atomic E-state index is -1.15. The van der Waals surface area contributed by atoms with Gasteiger partial charge in [-0.1, -0.05) is 13.8 Å². The van der Waals surface area contributed by atoms with Crippen LogP contribution in [-0.4, -0.2) is 70.9 Å². The molecule has 0 saturated heterocycles. The van der Waals surface area contributed by atoms with Crippen LogP contribution in [0.25, 0.3) is 0 Å². The maximum atomic E-state index is 12.6. The molecule has 0 aliphatic heterocycles. The smallest absolute Gasteiger partial charge is 0.326 e. The summed E-state index contributed by atoms with van der Waals surface area (Å²) >= 11 is 1.46. The minimum absolute atomic E-state index is 0.0395. The third-order valence-corrected chi connectivity index (χ3v) is 5.00. The summed E-state index contributed by atoms with van der Waals surface area (Å²) in [4.78, 5) is 59.4. The fraction of sp³-hybridized carbons (Fsp3) is 0.737. The van der Waals surface area contributed by atoms with Crippen molar-refractivity contribution in [2.24, 2.45) is 17.4 Å². The Morgan fingerprint density at radius 2 is 1.48 bits per heavy atom. The Morgan fingerprint density at radius 3 is 1.97 bits per heavy atom. The molecule has 31 heavy (non-hydrogen) atoms. The van der Waals surface area contributed by atoms with Crippen molar-refractivity contribution < 1.29 is 29.1 Å². The number of rotatable bonds is 15. The van der Waals surface area contributed by atoms with E-state index in [1.54, 1.807) is 0 Å². The van der Waals surface area contributed by atoms with Crippen LogP contribution in [0.4, 0.5) is 0 Å². The molecular formula is C19H35N5O6S. The number of hydrogen-bond acceptors (Lipinski definition) is 7. The van der Waals surface area contributed by atoms with Gasteiger partial charge in [0.25, 0.3) is 0 Å². The van der Waals surface area contributed by atoms with Crippen LogP contribution in [0, 0.1) is 5.92 Å². The van der Waals surface area contributed by atoms with Gasteiger partial charge in [-0.15, -0.1) is 0 Å². The lowest BCUT2D eigenvalue weighted by Gasteiger charge is -2.24. The van der Waals surface area contributed by atoms with E-state index in [9.17, 15) is 29.1 Å². The molecular weight excluding hydrogens is 426 g/mol. The fourth-order valence-corrected chi connectivity index (χ4v) is 3.05. The van der Waals surface area contributed by atoms with Gasteiger partial charge in [-0.2, -0.15) is 11.8 Å². The van der Waals surface area contributed by atoms with Crippen LogP contribution < -0.4 is 27.4 Å². The molecule has 8 N–H and O–H groups in total. The minimum Gasteiger partial charge on any atom is -0.480 e. The van der Waals surface area contributed by atoms with Gasteiger partial charge in [-0.25, -0.2) is 4.79 Å². The van der Waals surface area contributed by atoms with E-state index in [-0.39, 0.29) is 31.6 Å². The van der Waals surface area contributed by atoms with Crippen molar-refractivity contribution in [2.75, 3.05) is 12.0 Å². The van der Waals surface area contributed by atoms with Crippen molar-refractivity contribution in [2.45, 2.75) is 70.6 Å². The molecule has 0 spiro atoms. The molecule has 0 heterocycles. The number of carboxylic acid groups (broad SMARTS) is 1. The molecule has 0 radical (unpaired) electrons. The third-order valence-electron chi connectivity index (χ3n) is 4.36. The Kier molecular flexibility index (Phi) is 13.5. The second-order valence-electron chi connectivity index (χ2n) is 7.71. The van der Waals surface area contributed by atoms with Gasteiger partial charge in [-0.3, -0.25) is 19.2 Å². The van der Waals surface area contributed by atoms with Gasteiger partial charge in [0, 0.05) is 6.42 Å². The Labute approximate surface area is 186 Å². The first kappa shape index (κ1) is 28.7. The second-order valence-corrected chi connectivity index (χ2v) is 8.70. The second kappa shape index (κ2) is 14.6. The van der Waals surface area contributed by atoms with E-state index >= 15 is 0 Å². The highest BCUT2D eigenvalue weighted by molar-refractivity contribution is 7.98. The predicted molar refractivity (Wildman–Crippen MR) is 118 cm³/mol. The molecule has 178 valence electrons. The lowest BCUT2D eigenvalue weighted by atomic mass is 10.0. The topological polar surface area (TPSA) is 194 Å². The van der Waals surface area contributed by atoms with Crippen LogP contribution in [0.3, 0.4) is 0 Å². The number of carbonyl (C=O) groups excluding carboxylic acids is 4. The van der Waals surface area contributed by atoms with Gasteiger partial charge >= 0.3 is 5.97 Å². The number of hydrogen-bond donors (Lipinski definition) is 6. The van der Waals surface area contributed by atoms with Crippen LogP contribution in [0.5, 0.6) is 0 Å². The van der Waals surface area contributed by atoms with Gasteiger partial charge in [0.1, 0.15) is 18.1 Å². The lowest BCUT2D eigenvalue weighted by molar-refractivity contribution is -0.142. The summed E-state index contributed by atoms with van der Waals surface area (Å²) in [5.74, 6) is -3.00. The largest absolute Gasteiger partial charge is 0.480 e. The van der Waals surface area contributed by atoms with Crippen LogP contribution in [0.1, 0.15) is 46.5 Å². The molecule has 0 aliphatic rings. The lowest BCUT2D eigenvalue weighted by Crippen LogP contribution is -2.56. The zero-order valence-corrected chi connectivity index (χ0v) is 19.3. The van der Waals surface area contributed by atoms with Gasteiger partial charge in [-0.05, 0) is 44.1 Å². The van der Waals surface area contributed by atoms with E-state index in [0.29, 0.717) is 5.75 Å². The molecule has 12 heteroatoms. The number of nitrogens with two attached hydrogens (primary N) is 2. The zero-order valence-electron chi connectivity index (χ0n) is 18.5. The monoisotopic (exact) mass is 461 g/mol. The Morgan fingerprint density at radius 1 is 0.903 bits per heavy atom. The Bertz CT molecular complexity index is 645. The van der Waals surface area contributed by atoms with Gasteiger partial charge < -0.3 is 32.5 Å². The van der Waals surface area contributed by atoms with Crippen molar-refractivity contribution >= 4 is 41.4 Å². The quantitative estimate of drug-likeness (QED) is 0.177. The summed E-state index contributed by atoms with van der Waals surface area (Å²) < 4.78 is 0. The maximum Gasteiger partial charge on any atom is 0.326 e. The van der Waals surface area contributed by atoms with Crippen LogP contribution in [0.2, 0.25) is 0 Å². The SMILES string of the molecule is CSCCC(NC(=O)C(CC(C)C)NC(=O)C(C)NC(=O)C(N)CCC(N)=O)C(=O)O. The van der Waals surface area contributed by atoms with E-state index < -0.39 is 53.8 Å². The highest BCUT2D eigenvalue weighted by Crippen LogP contribution is 2.08. The summed E-state index contributed by atoms with van der Waals surface area (Å²) in [5.41, 5.74) is 10.7. The van der Waals surface area contributed by atoms with Crippen molar-refractivity contribution in [1.82, 2.24) is 16.0 Å². The van der Waals surface area contributed by atoms with E-state index in [2.05, 4.69) is 16.0 Å². The highest BCUT2D eigenvalue weighted by atomic mass is 32.2. The summed E-state index contributed by atoms with van der Waals surface area (Å²) in [6.07, 6.45) is 2.34. The highest BCUT2D eigenvalue weighted by Gasteiger charge is 2.29. The molecule has 0 fully saturated rings. The van der Waals surface area contributed by atoms with Crippen LogP contribution >= 0.6 is 11.8 Å². The van der Waals surface area contributed by atoms with Gasteiger partial charge in [0.05, 0.1) is 6.04 Å². The first-order valence-corrected chi connectivity index (χ1v) is 11.4. The average Bonchev–Trinajstić information content (AvgIpc) is 2.67. The van der Waals surface area contributed by atoms with Crippen molar-refractivity contribution in [3.05, 3.63) is 0 Å². The molecule has 0 bridgehead atoms. The van der Waals surface area contributed by atoms with Crippen LogP contribution in [0.15, 0.2) is 0 Å². The Balaban J connectivity index is 5.02. The van der Waals surface area contributed by atoms with Crippen LogP contribution in [-0.2, 0) is 24.0 Å². The third kappa shape index (κ3) is 12.2. The standard InChI is InChI=1S/C19H35N5O6S/c1-10(2)9-14(18(28)23-13(19(29)30)7-8-31-4)24-16(26)11(3)22-17(27)12(20)5-6-15(21)25/h10-14H,5-9,20H2,1-4H3,(H2,21,25)(H,22,27)(H,23,28)(H,24,26)(H,29,30). The number of nitrogens with one attached hydrogen (secondary N) is 3. The summed E-state index contributed by atoms with van der Waals surface area (Å²) in [6, 6.07) is -4.04. The van der Waals surface area contributed by atoms with Crippen molar-refractivity contribution in [3.63, 3.8) is 0 Å². The number of aliphatic carboxylic acids is 1.